The third-order valence-corrected chi connectivity index (χ3v) is 2.79. The summed E-state index contributed by atoms with van der Waals surface area (Å²) in [5.41, 5.74) is 1.59. The number of ether oxygens (including phenoxy) is 3. The Balaban J connectivity index is 2.16. The summed E-state index contributed by atoms with van der Waals surface area (Å²) in [5, 5.41) is 0. The van der Waals surface area contributed by atoms with Gasteiger partial charge in [0, 0.05) is 17.7 Å². The smallest absolute Gasteiger partial charge is 0.344 e. The van der Waals surface area contributed by atoms with E-state index in [0.717, 1.165) is 5.56 Å². The molecule has 2 rings (SSSR count). The summed E-state index contributed by atoms with van der Waals surface area (Å²) < 4.78 is 15.1. The van der Waals surface area contributed by atoms with Crippen molar-refractivity contribution < 1.29 is 23.8 Å². The Morgan fingerprint density at radius 1 is 1.45 bits per heavy atom. The molecule has 1 heterocycles. The molecule has 0 radical (unpaired) electrons. The topological polar surface area (TPSA) is 74.2 Å². The van der Waals surface area contributed by atoms with Crippen LogP contribution in [-0.2, 0) is 25.5 Å². The Morgan fingerprint density at radius 2 is 2.30 bits per heavy atom. The number of benzene rings is 1. The van der Waals surface area contributed by atoms with Crippen LogP contribution in [0.15, 0.2) is 23.2 Å². The van der Waals surface area contributed by atoms with E-state index in [-0.39, 0.29) is 12.5 Å². The third-order valence-electron chi connectivity index (χ3n) is 2.79. The minimum Gasteiger partial charge on any atom is -0.482 e. The number of esters is 1. The third kappa shape index (κ3) is 3.14. The zero-order chi connectivity index (χ0) is 14.4. The molecule has 0 amide bonds. The number of hydrogen-bond donors (Lipinski definition) is 0. The maximum atomic E-state index is 11.3. The van der Waals surface area contributed by atoms with Crippen LogP contribution in [0.25, 0.3) is 0 Å². The fourth-order valence-corrected chi connectivity index (χ4v) is 2.00. The number of rotatable bonds is 5. The Morgan fingerprint density at radius 3 is 3.05 bits per heavy atom. The summed E-state index contributed by atoms with van der Waals surface area (Å²) in [6, 6.07) is 5.32. The van der Waals surface area contributed by atoms with Gasteiger partial charge in [-0.2, -0.15) is 0 Å². The lowest BCUT2D eigenvalue weighted by Gasteiger charge is -2.18. The predicted octanol–water partition coefficient (Wildman–Crippen LogP) is 1.10. The minimum absolute atomic E-state index is 0.148. The SMILES string of the molecule is CCOC(=O)COc1cccc2c1CCN=C2OC=O. The summed E-state index contributed by atoms with van der Waals surface area (Å²) >= 11 is 0. The van der Waals surface area contributed by atoms with E-state index in [9.17, 15) is 9.59 Å². The van der Waals surface area contributed by atoms with Crippen LogP contribution in [0, 0.1) is 0 Å². The standard InChI is InChI=1S/C14H15NO5/c1-2-18-13(17)8-19-12-5-3-4-11-10(12)6-7-15-14(11)20-9-16/h3-5,9H,2,6-8H2,1H3. The Labute approximate surface area is 116 Å². The average molecular weight is 277 g/mol. The molecule has 0 saturated heterocycles. The number of fused-ring (bicyclic) bond motifs is 1. The van der Waals surface area contributed by atoms with Crippen LogP contribution in [-0.4, -0.2) is 38.1 Å². The van der Waals surface area contributed by atoms with Crippen LogP contribution in [0.3, 0.4) is 0 Å². The van der Waals surface area contributed by atoms with Crippen LogP contribution in [0.5, 0.6) is 5.75 Å². The molecule has 6 heteroatoms. The van der Waals surface area contributed by atoms with Crippen molar-refractivity contribution in [3.05, 3.63) is 29.3 Å². The highest BCUT2D eigenvalue weighted by molar-refractivity contribution is 6.00. The second-order valence-corrected chi connectivity index (χ2v) is 4.03. The Bertz CT molecular complexity index is 538. The molecule has 1 aromatic carbocycles. The summed E-state index contributed by atoms with van der Waals surface area (Å²) in [4.78, 5) is 25.9. The summed E-state index contributed by atoms with van der Waals surface area (Å²) in [7, 11) is 0. The van der Waals surface area contributed by atoms with Gasteiger partial charge in [0.25, 0.3) is 6.47 Å². The molecule has 6 nitrogen and oxygen atoms in total. The summed E-state index contributed by atoms with van der Waals surface area (Å²) in [5.74, 6) is 0.444. The highest BCUT2D eigenvalue weighted by atomic mass is 16.6. The van der Waals surface area contributed by atoms with Crippen LogP contribution < -0.4 is 4.74 Å². The van der Waals surface area contributed by atoms with E-state index in [1.807, 2.05) is 0 Å². The van der Waals surface area contributed by atoms with E-state index >= 15 is 0 Å². The minimum atomic E-state index is -0.418. The van der Waals surface area contributed by atoms with Gasteiger partial charge in [0.1, 0.15) is 5.75 Å². The normalized spacial score (nSPS) is 12.9. The van der Waals surface area contributed by atoms with Crippen molar-refractivity contribution in [1.29, 1.82) is 0 Å². The second-order valence-electron chi connectivity index (χ2n) is 4.03. The molecule has 0 atom stereocenters. The van der Waals surface area contributed by atoms with E-state index in [0.29, 0.717) is 37.4 Å². The molecule has 0 N–H and O–H groups in total. The van der Waals surface area contributed by atoms with Gasteiger partial charge >= 0.3 is 5.97 Å². The Hall–Kier alpha value is -2.37. The van der Waals surface area contributed by atoms with Crippen molar-refractivity contribution in [2.24, 2.45) is 4.99 Å². The molecule has 0 aromatic heterocycles. The molecule has 0 spiro atoms. The van der Waals surface area contributed by atoms with Crippen molar-refractivity contribution in [2.45, 2.75) is 13.3 Å². The average Bonchev–Trinajstić information content (AvgIpc) is 2.46. The van der Waals surface area contributed by atoms with E-state index in [2.05, 4.69) is 4.99 Å². The molecule has 1 aromatic rings. The number of hydrogen-bond acceptors (Lipinski definition) is 6. The van der Waals surface area contributed by atoms with Gasteiger partial charge in [0.05, 0.1) is 6.61 Å². The fourth-order valence-electron chi connectivity index (χ4n) is 2.00. The van der Waals surface area contributed by atoms with Gasteiger partial charge in [-0.15, -0.1) is 0 Å². The molecular weight excluding hydrogens is 262 g/mol. The van der Waals surface area contributed by atoms with Gasteiger partial charge in [-0.3, -0.25) is 9.79 Å². The van der Waals surface area contributed by atoms with Crippen molar-refractivity contribution in [3.63, 3.8) is 0 Å². The molecule has 0 unspecified atom stereocenters. The summed E-state index contributed by atoms with van der Waals surface area (Å²) in [6.45, 7) is 2.77. The molecule has 106 valence electrons. The number of carbonyl (C=O) groups excluding carboxylic acids is 2. The first kappa shape index (κ1) is 14.0. The first-order valence-electron chi connectivity index (χ1n) is 6.31. The zero-order valence-electron chi connectivity index (χ0n) is 11.1. The highest BCUT2D eigenvalue weighted by Gasteiger charge is 2.19. The molecule has 1 aliphatic heterocycles. The molecule has 0 saturated carbocycles. The highest BCUT2D eigenvalue weighted by Crippen LogP contribution is 2.26. The van der Waals surface area contributed by atoms with Crippen molar-refractivity contribution >= 4 is 18.3 Å². The van der Waals surface area contributed by atoms with Gasteiger partial charge in [0.2, 0.25) is 5.90 Å². The van der Waals surface area contributed by atoms with Gasteiger partial charge in [0.15, 0.2) is 6.61 Å². The molecule has 20 heavy (non-hydrogen) atoms. The fraction of sp³-hybridized carbons (Fsp3) is 0.357. The van der Waals surface area contributed by atoms with Gasteiger partial charge < -0.3 is 14.2 Å². The largest absolute Gasteiger partial charge is 0.482 e. The lowest BCUT2D eigenvalue weighted by molar-refractivity contribution is -0.145. The molecule has 0 bridgehead atoms. The van der Waals surface area contributed by atoms with Crippen LogP contribution in [0.1, 0.15) is 18.1 Å². The van der Waals surface area contributed by atoms with Crippen molar-refractivity contribution in [3.8, 4) is 5.75 Å². The Kier molecular flexibility index (Phi) is 4.70. The van der Waals surface area contributed by atoms with Crippen LogP contribution >= 0.6 is 0 Å². The second kappa shape index (κ2) is 6.70. The maximum Gasteiger partial charge on any atom is 0.344 e. The first-order chi connectivity index (χ1) is 9.76. The quantitative estimate of drug-likeness (QED) is 0.595. The van der Waals surface area contributed by atoms with E-state index in [1.165, 1.54) is 0 Å². The number of carbonyl (C=O) groups is 2. The molecule has 0 aliphatic carbocycles. The van der Waals surface area contributed by atoms with E-state index < -0.39 is 5.97 Å². The number of nitrogens with zero attached hydrogens (tertiary/aromatic N) is 1. The molecule has 0 fully saturated rings. The molecule has 1 aliphatic rings. The molecular formula is C14H15NO5. The number of aliphatic imine (C=N–C) groups is 1. The zero-order valence-corrected chi connectivity index (χ0v) is 11.1. The van der Waals surface area contributed by atoms with Gasteiger partial charge in [-0.1, -0.05) is 6.07 Å². The lowest BCUT2D eigenvalue weighted by atomic mass is 10.0. The van der Waals surface area contributed by atoms with Crippen molar-refractivity contribution in [2.75, 3.05) is 19.8 Å². The van der Waals surface area contributed by atoms with Crippen LogP contribution in [0.2, 0.25) is 0 Å². The monoisotopic (exact) mass is 277 g/mol. The van der Waals surface area contributed by atoms with Crippen molar-refractivity contribution in [1.82, 2.24) is 0 Å². The van der Waals surface area contributed by atoms with Gasteiger partial charge in [-0.05, 0) is 25.5 Å². The van der Waals surface area contributed by atoms with Gasteiger partial charge in [-0.25, -0.2) is 4.79 Å². The van der Waals surface area contributed by atoms with Crippen LogP contribution in [0.4, 0.5) is 0 Å². The van der Waals surface area contributed by atoms with E-state index in [4.69, 9.17) is 14.2 Å². The maximum absolute atomic E-state index is 11.3. The lowest BCUT2D eigenvalue weighted by Crippen LogP contribution is -2.19. The van der Waals surface area contributed by atoms with E-state index in [1.54, 1.807) is 25.1 Å². The first-order valence-corrected chi connectivity index (χ1v) is 6.31. The predicted molar refractivity (Wildman–Crippen MR) is 70.8 cm³/mol. The summed E-state index contributed by atoms with van der Waals surface area (Å²) in [6.07, 6.45) is 0.667.